The van der Waals surface area contributed by atoms with Crippen molar-refractivity contribution in [3.63, 3.8) is 0 Å². The molecule has 6 heteroatoms. The van der Waals surface area contributed by atoms with E-state index in [2.05, 4.69) is 17.6 Å². The van der Waals surface area contributed by atoms with Crippen molar-refractivity contribution in [3.05, 3.63) is 65.5 Å². The van der Waals surface area contributed by atoms with E-state index in [1.165, 1.54) is 12.1 Å². The fourth-order valence-corrected chi connectivity index (χ4v) is 3.63. The van der Waals surface area contributed by atoms with Crippen molar-refractivity contribution in [1.29, 1.82) is 0 Å². The van der Waals surface area contributed by atoms with Crippen LogP contribution in [0.25, 0.3) is 0 Å². The van der Waals surface area contributed by atoms with Crippen LogP contribution in [0.3, 0.4) is 0 Å². The van der Waals surface area contributed by atoms with Gasteiger partial charge in [0.25, 0.3) is 0 Å². The van der Waals surface area contributed by atoms with E-state index < -0.39 is 0 Å². The van der Waals surface area contributed by atoms with Crippen molar-refractivity contribution in [2.75, 3.05) is 33.4 Å². The molecule has 2 aromatic rings. The summed E-state index contributed by atoms with van der Waals surface area (Å²) >= 11 is 0. The summed E-state index contributed by atoms with van der Waals surface area (Å²) in [6.07, 6.45) is 1.78. The Morgan fingerprint density at radius 2 is 1.76 bits per heavy atom. The zero-order valence-corrected chi connectivity index (χ0v) is 17.2. The number of rotatable bonds is 7. The van der Waals surface area contributed by atoms with E-state index in [-0.39, 0.29) is 11.2 Å². The molecule has 1 fully saturated rings. The van der Waals surface area contributed by atoms with Crippen LogP contribution < -0.4 is 15.4 Å². The Hall–Kier alpha value is -2.60. The molecule has 0 unspecified atom stereocenters. The maximum absolute atomic E-state index is 13.4. The van der Waals surface area contributed by atoms with E-state index in [0.29, 0.717) is 19.8 Å². The van der Waals surface area contributed by atoms with Crippen LogP contribution in [-0.2, 0) is 16.7 Å². The molecule has 29 heavy (non-hydrogen) atoms. The minimum Gasteiger partial charge on any atom is -0.497 e. The number of hydrogen-bond acceptors (Lipinski definition) is 3. The maximum Gasteiger partial charge on any atom is 0.191 e. The molecule has 0 aromatic heterocycles. The Kier molecular flexibility index (Phi) is 7.47. The van der Waals surface area contributed by atoms with Crippen LogP contribution in [0.5, 0.6) is 5.75 Å². The number of methoxy groups -OCH3 is 1. The molecule has 2 aromatic carbocycles. The summed E-state index contributed by atoms with van der Waals surface area (Å²) in [7, 11) is 1.66. The van der Waals surface area contributed by atoms with Crippen molar-refractivity contribution in [2.45, 2.75) is 31.7 Å². The second-order valence-corrected chi connectivity index (χ2v) is 7.30. The highest BCUT2D eigenvalue weighted by atomic mass is 19.1. The molecule has 0 saturated carbocycles. The van der Waals surface area contributed by atoms with Gasteiger partial charge in [-0.1, -0.05) is 24.3 Å². The average molecular weight is 400 g/mol. The van der Waals surface area contributed by atoms with Gasteiger partial charge < -0.3 is 20.1 Å². The number of nitrogens with one attached hydrogen (secondary N) is 2. The molecule has 1 saturated heterocycles. The maximum atomic E-state index is 13.4. The molecular formula is C23H30FN3O2. The van der Waals surface area contributed by atoms with Crippen molar-refractivity contribution < 1.29 is 13.9 Å². The lowest BCUT2D eigenvalue weighted by Gasteiger charge is -2.38. The molecule has 1 aliphatic rings. The number of benzene rings is 2. The normalized spacial score (nSPS) is 16.3. The molecule has 0 radical (unpaired) electrons. The van der Waals surface area contributed by atoms with Crippen molar-refractivity contribution in [1.82, 2.24) is 10.6 Å². The van der Waals surface area contributed by atoms with Crippen LogP contribution in [0.15, 0.2) is 53.5 Å². The first-order valence-electron chi connectivity index (χ1n) is 10.1. The Morgan fingerprint density at radius 1 is 1.07 bits per heavy atom. The van der Waals surface area contributed by atoms with Gasteiger partial charge in [0.05, 0.1) is 13.7 Å². The number of ether oxygens (including phenoxy) is 2. The summed E-state index contributed by atoms with van der Waals surface area (Å²) in [4.78, 5) is 4.72. The highest BCUT2D eigenvalue weighted by Gasteiger charge is 2.34. The number of guanidine groups is 1. The van der Waals surface area contributed by atoms with Gasteiger partial charge >= 0.3 is 0 Å². The van der Waals surface area contributed by atoms with E-state index in [0.717, 1.165) is 48.8 Å². The van der Waals surface area contributed by atoms with E-state index >= 15 is 0 Å². The Balaban J connectivity index is 1.71. The molecular weight excluding hydrogens is 369 g/mol. The van der Waals surface area contributed by atoms with E-state index in [1.54, 1.807) is 7.11 Å². The van der Waals surface area contributed by atoms with Gasteiger partial charge in [0.2, 0.25) is 0 Å². The lowest BCUT2D eigenvalue weighted by atomic mass is 9.74. The summed E-state index contributed by atoms with van der Waals surface area (Å²) in [5.41, 5.74) is 2.16. The molecule has 1 aliphatic heterocycles. The number of hydrogen-bond donors (Lipinski definition) is 2. The smallest absolute Gasteiger partial charge is 0.191 e. The van der Waals surface area contributed by atoms with Gasteiger partial charge in [-0.15, -0.1) is 0 Å². The standard InChI is InChI=1S/C23H30FN3O2/c1-3-25-22(26-16-18-4-10-21(28-2)11-5-18)27-17-23(12-14-29-15-13-23)19-6-8-20(24)9-7-19/h4-11H,3,12-17H2,1-2H3,(H2,25,26,27). The van der Waals surface area contributed by atoms with Gasteiger partial charge in [-0.05, 0) is 55.2 Å². The zero-order valence-electron chi connectivity index (χ0n) is 17.2. The van der Waals surface area contributed by atoms with E-state index in [9.17, 15) is 4.39 Å². The number of nitrogens with zero attached hydrogens (tertiary/aromatic N) is 1. The molecule has 0 bridgehead atoms. The average Bonchev–Trinajstić information content (AvgIpc) is 2.77. The summed E-state index contributed by atoms with van der Waals surface area (Å²) in [5, 5.41) is 6.82. The third-order valence-corrected chi connectivity index (χ3v) is 5.42. The molecule has 2 N–H and O–H groups in total. The van der Waals surface area contributed by atoms with Gasteiger partial charge in [-0.3, -0.25) is 0 Å². The first-order valence-corrected chi connectivity index (χ1v) is 10.1. The predicted octanol–water partition coefficient (Wildman–Crippen LogP) is 3.64. The largest absolute Gasteiger partial charge is 0.497 e. The SMILES string of the molecule is CCNC(=NCc1ccc(OC)cc1)NCC1(c2ccc(F)cc2)CCOCC1. The second kappa shape index (κ2) is 10.3. The summed E-state index contributed by atoms with van der Waals surface area (Å²) in [5.74, 6) is 1.40. The van der Waals surface area contributed by atoms with Gasteiger partial charge in [0, 0.05) is 31.7 Å². The molecule has 156 valence electrons. The second-order valence-electron chi connectivity index (χ2n) is 7.30. The third-order valence-electron chi connectivity index (χ3n) is 5.42. The van der Waals surface area contributed by atoms with Gasteiger partial charge in [0.1, 0.15) is 11.6 Å². The lowest BCUT2D eigenvalue weighted by molar-refractivity contribution is 0.0513. The monoisotopic (exact) mass is 399 g/mol. The van der Waals surface area contributed by atoms with Crippen LogP contribution in [0, 0.1) is 5.82 Å². The molecule has 5 nitrogen and oxygen atoms in total. The Labute approximate surface area is 172 Å². The van der Waals surface area contributed by atoms with Crippen molar-refractivity contribution in [3.8, 4) is 5.75 Å². The fourth-order valence-electron chi connectivity index (χ4n) is 3.63. The highest BCUT2D eigenvalue weighted by molar-refractivity contribution is 5.79. The first kappa shape index (κ1) is 21.1. The Bertz CT molecular complexity index is 785. The fraction of sp³-hybridized carbons (Fsp3) is 0.435. The van der Waals surface area contributed by atoms with Crippen LogP contribution in [0.1, 0.15) is 30.9 Å². The Morgan fingerprint density at radius 3 is 2.38 bits per heavy atom. The van der Waals surface area contributed by atoms with Gasteiger partial charge in [-0.2, -0.15) is 0 Å². The van der Waals surface area contributed by atoms with Crippen molar-refractivity contribution in [2.24, 2.45) is 4.99 Å². The molecule has 0 aliphatic carbocycles. The lowest BCUT2D eigenvalue weighted by Crippen LogP contribution is -2.48. The molecule has 0 atom stereocenters. The van der Waals surface area contributed by atoms with E-state index in [1.807, 2.05) is 36.4 Å². The highest BCUT2D eigenvalue weighted by Crippen LogP contribution is 2.34. The summed E-state index contributed by atoms with van der Waals surface area (Å²) in [6.45, 7) is 5.54. The van der Waals surface area contributed by atoms with Crippen LogP contribution in [0.4, 0.5) is 4.39 Å². The van der Waals surface area contributed by atoms with Crippen LogP contribution in [0.2, 0.25) is 0 Å². The zero-order chi connectivity index (χ0) is 20.5. The number of aliphatic imine (C=N–C) groups is 1. The van der Waals surface area contributed by atoms with Crippen molar-refractivity contribution >= 4 is 5.96 Å². The molecule has 0 spiro atoms. The minimum absolute atomic E-state index is 0.0950. The molecule has 1 heterocycles. The molecule has 0 amide bonds. The predicted molar refractivity (Wildman–Crippen MR) is 114 cm³/mol. The van der Waals surface area contributed by atoms with Gasteiger partial charge in [-0.25, -0.2) is 9.38 Å². The van der Waals surface area contributed by atoms with Crippen LogP contribution >= 0.6 is 0 Å². The topological polar surface area (TPSA) is 54.9 Å². The third kappa shape index (κ3) is 5.70. The van der Waals surface area contributed by atoms with Crippen LogP contribution in [-0.4, -0.2) is 39.4 Å². The quantitative estimate of drug-likeness (QED) is 0.551. The summed E-state index contributed by atoms with van der Waals surface area (Å²) in [6, 6.07) is 14.8. The minimum atomic E-state index is -0.210. The van der Waals surface area contributed by atoms with E-state index in [4.69, 9.17) is 14.5 Å². The van der Waals surface area contributed by atoms with Gasteiger partial charge in [0.15, 0.2) is 5.96 Å². The molecule has 3 rings (SSSR count). The summed E-state index contributed by atoms with van der Waals surface area (Å²) < 4.78 is 24.2. The first-order chi connectivity index (χ1) is 14.1. The number of halogens is 1.